The summed E-state index contributed by atoms with van der Waals surface area (Å²) in [4.78, 5) is 6.52. The minimum Gasteiger partial charge on any atom is -0.469 e. The summed E-state index contributed by atoms with van der Waals surface area (Å²) in [5.74, 6) is 1.63. The first-order valence-corrected chi connectivity index (χ1v) is 8.98. The summed E-state index contributed by atoms with van der Waals surface area (Å²) in [5.41, 5.74) is -0.872. The van der Waals surface area contributed by atoms with Crippen molar-refractivity contribution in [1.29, 1.82) is 0 Å². The van der Waals surface area contributed by atoms with Crippen LogP contribution in [0, 0.1) is 0 Å². The zero-order chi connectivity index (χ0) is 18.1. The smallest absolute Gasteiger partial charge is 0.191 e. The van der Waals surface area contributed by atoms with E-state index in [-0.39, 0.29) is 30.1 Å². The predicted molar refractivity (Wildman–Crippen MR) is 114 cm³/mol. The van der Waals surface area contributed by atoms with Crippen molar-refractivity contribution < 1.29 is 14.3 Å². The fourth-order valence-corrected chi connectivity index (χ4v) is 2.93. The van der Waals surface area contributed by atoms with Crippen LogP contribution in [0.4, 0.5) is 0 Å². The molecule has 0 aromatic carbocycles. The van der Waals surface area contributed by atoms with Gasteiger partial charge in [0.05, 0.1) is 24.5 Å². The molecule has 2 heterocycles. The Morgan fingerprint density at radius 2 is 2.23 bits per heavy atom. The van der Waals surface area contributed by atoms with Gasteiger partial charge in [-0.15, -0.1) is 24.0 Å². The van der Waals surface area contributed by atoms with Gasteiger partial charge in [0.2, 0.25) is 0 Å². The molecule has 0 radical (unpaired) electrons. The zero-order valence-corrected chi connectivity index (χ0v) is 18.4. The number of furan rings is 1. The molecular formula is C18H33IN4O3. The molecule has 8 heteroatoms. The van der Waals surface area contributed by atoms with Crippen LogP contribution in [0.2, 0.25) is 0 Å². The fourth-order valence-electron chi connectivity index (χ4n) is 2.93. The highest BCUT2D eigenvalue weighted by Gasteiger charge is 2.21. The molecule has 150 valence electrons. The standard InChI is InChI=1S/C18H32N4O3.HI/c1-18(23,14-22(2)3)13-21-17(20-12-16-7-5-11-25-16)19-9-8-15-6-4-10-24-15;/h4,6,10,16,23H,5,7-9,11-14H2,1-3H3,(H2,19,20,21);1H. The van der Waals surface area contributed by atoms with Crippen molar-refractivity contribution >= 4 is 29.9 Å². The summed E-state index contributed by atoms with van der Waals surface area (Å²) in [5, 5.41) is 17.1. The number of hydrogen-bond acceptors (Lipinski definition) is 5. The Balaban J connectivity index is 0.00000338. The Morgan fingerprint density at radius 1 is 1.42 bits per heavy atom. The summed E-state index contributed by atoms with van der Waals surface area (Å²) in [6, 6.07) is 3.85. The summed E-state index contributed by atoms with van der Waals surface area (Å²) >= 11 is 0. The lowest BCUT2D eigenvalue weighted by Gasteiger charge is -2.25. The Labute approximate surface area is 173 Å². The molecule has 7 nitrogen and oxygen atoms in total. The van der Waals surface area contributed by atoms with Crippen LogP contribution in [-0.2, 0) is 11.2 Å². The molecule has 1 aromatic rings. The molecule has 0 spiro atoms. The van der Waals surface area contributed by atoms with E-state index in [0.29, 0.717) is 25.6 Å². The molecule has 1 saturated heterocycles. The van der Waals surface area contributed by atoms with Crippen molar-refractivity contribution in [3.05, 3.63) is 24.2 Å². The van der Waals surface area contributed by atoms with E-state index in [1.807, 2.05) is 31.1 Å². The van der Waals surface area contributed by atoms with E-state index in [9.17, 15) is 5.11 Å². The maximum Gasteiger partial charge on any atom is 0.191 e. The van der Waals surface area contributed by atoms with Gasteiger partial charge in [-0.2, -0.15) is 0 Å². The van der Waals surface area contributed by atoms with Crippen molar-refractivity contribution in [2.75, 3.05) is 46.9 Å². The van der Waals surface area contributed by atoms with Crippen LogP contribution in [0.15, 0.2) is 27.8 Å². The Hall–Kier alpha value is -0.840. The number of hydrogen-bond donors (Lipinski definition) is 3. The molecule has 1 aromatic heterocycles. The summed E-state index contributed by atoms with van der Waals surface area (Å²) in [7, 11) is 3.88. The third kappa shape index (κ3) is 9.20. The molecule has 1 fully saturated rings. The van der Waals surface area contributed by atoms with Gasteiger partial charge < -0.3 is 29.8 Å². The number of likely N-dealkylation sites (N-methyl/N-ethyl adjacent to an activating group) is 1. The lowest BCUT2D eigenvalue weighted by atomic mass is 10.1. The van der Waals surface area contributed by atoms with E-state index < -0.39 is 5.60 Å². The first-order valence-electron chi connectivity index (χ1n) is 8.98. The number of aliphatic hydroxyl groups is 1. The average molecular weight is 480 g/mol. The van der Waals surface area contributed by atoms with Gasteiger partial charge in [-0.1, -0.05) is 0 Å². The molecule has 2 atom stereocenters. The number of nitrogens with zero attached hydrogens (tertiary/aromatic N) is 2. The monoisotopic (exact) mass is 480 g/mol. The first-order chi connectivity index (χ1) is 11.9. The van der Waals surface area contributed by atoms with Crippen LogP contribution < -0.4 is 10.6 Å². The summed E-state index contributed by atoms with van der Waals surface area (Å²) in [6.07, 6.45) is 4.88. The summed E-state index contributed by atoms with van der Waals surface area (Å²) < 4.78 is 11.0. The Morgan fingerprint density at radius 3 is 2.85 bits per heavy atom. The van der Waals surface area contributed by atoms with Crippen LogP contribution in [0.1, 0.15) is 25.5 Å². The van der Waals surface area contributed by atoms with Crippen LogP contribution in [0.25, 0.3) is 0 Å². The van der Waals surface area contributed by atoms with E-state index in [4.69, 9.17) is 9.15 Å². The molecule has 26 heavy (non-hydrogen) atoms. The topological polar surface area (TPSA) is 82.3 Å². The van der Waals surface area contributed by atoms with E-state index in [0.717, 1.165) is 38.2 Å². The summed E-state index contributed by atoms with van der Waals surface area (Å²) in [6.45, 7) is 4.96. The van der Waals surface area contributed by atoms with Gasteiger partial charge in [0.15, 0.2) is 5.96 Å². The highest BCUT2D eigenvalue weighted by Crippen LogP contribution is 2.10. The second-order valence-corrected chi connectivity index (χ2v) is 7.17. The molecule has 1 aliphatic heterocycles. The van der Waals surface area contributed by atoms with E-state index in [1.165, 1.54) is 0 Å². The second-order valence-electron chi connectivity index (χ2n) is 7.17. The van der Waals surface area contributed by atoms with E-state index in [1.54, 1.807) is 13.2 Å². The third-order valence-corrected chi connectivity index (χ3v) is 4.00. The molecule has 0 saturated carbocycles. The van der Waals surface area contributed by atoms with Crippen molar-refractivity contribution in [2.45, 2.75) is 37.9 Å². The van der Waals surface area contributed by atoms with Crippen molar-refractivity contribution in [3.63, 3.8) is 0 Å². The maximum atomic E-state index is 10.4. The number of guanidine groups is 1. The minimum absolute atomic E-state index is 0. The number of aliphatic imine (C=N–C) groups is 1. The van der Waals surface area contributed by atoms with Gasteiger partial charge in [0.1, 0.15) is 5.76 Å². The molecule has 2 rings (SSSR count). The predicted octanol–water partition coefficient (Wildman–Crippen LogP) is 1.47. The van der Waals surface area contributed by atoms with Gasteiger partial charge in [0, 0.05) is 32.7 Å². The van der Waals surface area contributed by atoms with Crippen LogP contribution in [0.3, 0.4) is 0 Å². The average Bonchev–Trinajstić information content (AvgIpc) is 3.21. The maximum absolute atomic E-state index is 10.4. The third-order valence-electron chi connectivity index (χ3n) is 4.00. The fraction of sp³-hybridized carbons (Fsp3) is 0.722. The minimum atomic E-state index is -0.872. The van der Waals surface area contributed by atoms with Crippen LogP contribution in [-0.4, -0.2) is 74.6 Å². The van der Waals surface area contributed by atoms with Gasteiger partial charge >= 0.3 is 0 Å². The van der Waals surface area contributed by atoms with Crippen molar-refractivity contribution in [1.82, 2.24) is 15.5 Å². The number of halogens is 1. The highest BCUT2D eigenvalue weighted by molar-refractivity contribution is 14.0. The van der Waals surface area contributed by atoms with Crippen LogP contribution >= 0.6 is 24.0 Å². The normalized spacial score (nSPS) is 19.9. The number of rotatable bonds is 9. The molecule has 0 bridgehead atoms. The van der Waals surface area contributed by atoms with Crippen molar-refractivity contribution in [2.24, 2.45) is 4.99 Å². The zero-order valence-electron chi connectivity index (χ0n) is 16.0. The molecule has 0 aliphatic carbocycles. The largest absolute Gasteiger partial charge is 0.469 e. The Bertz CT molecular complexity index is 515. The molecule has 0 amide bonds. The lowest BCUT2D eigenvalue weighted by Crippen LogP contribution is -2.45. The van der Waals surface area contributed by atoms with Gasteiger partial charge in [0.25, 0.3) is 0 Å². The molecule has 3 N–H and O–H groups in total. The molecular weight excluding hydrogens is 447 g/mol. The molecule has 1 aliphatic rings. The van der Waals surface area contributed by atoms with Crippen molar-refractivity contribution in [3.8, 4) is 0 Å². The first kappa shape index (κ1) is 23.2. The number of ether oxygens (including phenoxy) is 1. The van der Waals surface area contributed by atoms with Gasteiger partial charge in [-0.25, -0.2) is 0 Å². The quantitative estimate of drug-likeness (QED) is 0.282. The lowest BCUT2D eigenvalue weighted by molar-refractivity contribution is 0.0423. The Kier molecular flexibility index (Phi) is 10.5. The highest BCUT2D eigenvalue weighted by atomic mass is 127. The molecule has 2 unspecified atom stereocenters. The number of nitrogens with one attached hydrogen (secondary N) is 2. The van der Waals surface area contributed by atoms with Crippen LogP contribution in [0.5, 0.6) is 0 Å². The van der Waals surface area contributed by atoms with E-state index >= 15 is 0 Å². The van der Waals surface area contributed by atoms with Gasteiger partial charge in [-0.3, -0.25) is 4.99 Å². The second kappa shape index (κ2) is 11.8. The SMILES string of the molecule is CN(C)CC(C)(O)CN=C(NCCc1ccco1)NCC1CCCO1.I. The van der Waals surface area contributed by atoms with E-state index in [2.05, 4.69) is 15.6 Å². The van der Waals surface area contributed by atoms with Gasteiger partial charge in [-0.05, 0) is 46.0 Å².